The van der Waals surface area contributed by atoms with Gasteiger partial charge in [-0.15, -0.1) is 0 Å². The molecule has 1 heterocycles. The normalized spacial score (nSPS) is 10.2. The molecule has 0 saturated heterocycles. The lowest BCUT2D eigenvalue weighted by Gasteiger charge is -2.04. The first kappa shape index (κ1) is 8.01. The highest BCUT2D eigenvalue weighted by atomic mass is 15.1. The number of imidazole rings is 1. The fraction of sp³-hybridized carbons (Fsp3) is 0.100. The third-order valence-electron chi connectivity index (χ3n) is 1.96. The summed E-state index contributed by atoms with van der Waals surface area (Å²) in [7, 11) is 0. The van der Waals surface area contributed by atoms with Gasteiger partial charge in [-0.2, -0.15) is 0 Å². The molecule has 0 saturated carbocycles. The molecule has 0 fully saturated rings. The fourth-order valence-electron chi connectivity index (χ4n) is 1.29. The van der Waals surface area contributed by atoms with Crippen molar-refractivity contribution in [1.82, 2.24) is 9.55 Å². The monoisotopic (exact) mass is 173 g/mol. The van der Waals surface area contributed by atoms with Crippen LogP contribution in [-0.4, -0.2) is 9.55 Å². The molecule has 0 radical (unpaired) electrons. The summed E-state index contributed by atoms with van der Waals surface area (Å²) in [6.07, 6.45) is 3.56. The van der Waals surface area contributed by atoms with E-state index in [2.05, 4.69) is 4.98 Å². The van der Waals surface area contributed by atoms with Gasteiger partial charge in [0.15, 0.2) is 0 Å². The van der Waals surface area contributed by atoms with E-state index in [1.54, 1.807) is 12.5 Å². The molecule has 3 heteroatoms. The smallest absolute Gasteiger partial charge is 0.0994 e. The van der Waals surface area contributed by atoms with Crippen molar-refractivity contribution < 1.29 is 0 Å². The van der Waals surface area contributed by atoms with Crippen molar-refractivity contribution >= 4 is 0 Å². The average Bonchev–Trinajstić information content (AvgIpc) is 2.67. The predicted octanol–water partition coefficient (Wildman–Crippen LogP) is 1.33. The minimum atomic E-state index is 0.509. The van der Waals surface area contributed by atoms with Crippen molar-refractivity contribution in [2.45, 2.75) is 6.54 Å². The summed E-state index contributed by atoms with van der Waals surface area (Å²) in [5.74, 6) is 0. The van der Waals surface area contributed by atoms with Crippen molar-refractivity contribution in [2.24, 2.45) is 5.73 Å². The van der Waals surface area contributed by atoms with Crippen LogP contribution in [0.1, 0.15) is 5.69 Å². The SMILES string of the molecule is NCc1cncn1-c1ccccc1. The number of para-hydroxylation sites is 1. The van der Waals surface area contributed by atoms with Crippen LogP contribution < -0.4 is 5.73 Å². The summed E-state index contributed by atoms with van der Waals surface area (Å²) in [5, 5.41) is 0. The van der Waals surface area contributed by atoms with Crippen molar-refractivity contribution in [2.75, 3.05) is 0 Å². The summed E-state index contributed by atoms with van der Waals surface area (Å²) in [6, 6.07) is 10.0. The Bertz CT molecular complexity index is 378. The van der Waals surface area contributed by atoms with Crippen LogP contribution in [0.15, 0.2) is 42.9 Å². The molecule has 2 rings (SSSR count). The molecule has 13 heavy (non-hydrogen) atoms. The molecule has 0 bridgehead atoms. The zero-order chi connectivity index (χ0) is 9.10. The number of benzene rings is 1. The van der Waals surface area contributed by atoms with E-state index >= 15 is 0 Å². The molecule has 0 aliphatic carbocycles. The van der Waals surface area contributed by atoms with Gasteiger partial charge < -0.3 is 10.3 Å². The van der Waals surface area contributed by atoms with E-state index in [1.807, 2.05) is 34.9 Å². The van der Waals surface area contributed by atoms with Crippen molar-refractivity contribution in [3.63, 3.8) is 0 Å². The Morgan fingerprint density at radius 1 is 1.23 bits per heavy atom. The van der Waals surface area contributed by atoms with E-state index in [-0.39, 0.29) is 0 Å². The minimum absolute atomic E-state index is 0.509. The van der Waals surface area contributed by atoms with Crippen LogP contribution in [0.4, 0.5) is 0 Å². The first-order valence-electron chi connectivity index (χ1n) is 4.18. The molecule has 2 N–H and O–H groups in total. The molecule has 0 spiro atoms. The summed E-state index contributed by atoms with van der Waals surface area (Å²) in [5.41, 5.74) is 7.69. The number of hydrogen-bond donors (Lipinski definition) is 1. The lowest BCUT2D eigenvalue weighted by molar-refractivity contribution is 0.910. The number of aromatic nitrogens is 2. The molecule has 0 atom stereocenters. The van der Waals surface area contributed by atoms with Gasteiger partial charge in [-0.3, -0.25) is 0 Å². The number of rotatable bonds is 2. The highest BCUT2D eigenvalue weighted by Gasteiger charge is 2.00. The molecule has 1 aromatic heterocycles. The lowest BCUT2D eigenvalue weighted by Crippen LogP contribution is -2.04. The molecule has 0 aliphatic rings. The molecule has 3 nitrogen and oxygen atoms in total. The average molecular weight is 173 g/mol. The molecule has 0 amide bonds. The van der Waals surface area contributed by atoms with Crippen molar-refractivity contribution in [3.05, 3.63) is 48.5 Å². The zero-order valence-corrected chi connectivity index (χ0v) is 7.22. The molecule has 0 unspecified atom stereocenters. The molecular weight excluding hydrogens is 162 g/mol. The van der Waals surface area contributed by atoms with Gasteiger partial charge in [-0.25, -0.2) is 4.98 Å². The van der Waals surface area contributed by atoms with Gasteiger partial charge in [-0.1, -0.05) is 18.2 Å². The van der Waals surface area contributed by atoms with Gasteiger partial charge in [0, 0.05) is 18.4 Å². The number of nitrogens with two attached hydrogens (primary N) is 1. The Morgan fingerprint density at radius 2 is 2.00 bits per heavy atom. The highest BCUT2D eigenvalue weighted by Crippen LogP contribution is 2.09. The second-order valence-electron chi connectivity index (χ2n) is 2.79. The maximum Gasteiger partial charge on any atom is 0.0994 e. The zero-order valence-electron chi connectivity index (χ0n) is 7.22. The number of nitrogens with zero attached hydrogens (tertiary/aromatic N) is 2. The third-order valence-corrected chi connectivity index (χ3v) is 1.96. The minimum Gasteiger partial charge on any atom is -0.325 e. The van der Waals surface area contributed by atoms with Gasteiger partial charge >= 0.3 is 0 Å². The maximum absolute atomic E-state index is 5.57. The second-order valence-corrected chi connectivity index (χ2v) is 2.79. The largest absolute Gasteiger partial charge is 0.325 e. The van der Waals surface area contributed by atoms with Gasteiger partial charge in [0.05, 0.1) is 12.0 Å². The Balaban J connectivity index is 2.47. The van der Waals surface area contributed by atoms with Crippen LogP contribution in [-0.2, 0) is 6.54 Å². The molecule has 66 valence electrons. The Labute approximate surface area is 76.8 Å². The van der Waals surface area contributed by atoms with Crippen LogP contribution >= 0.6 is 0 Å². The van der Waals surface area contributed by atoms with Gasteiger partial charge in [0.1, 0.15) is 0 Å². The Morgan fingerprint density at radius 3 is 2.69 bits per heavy atom. The maximum atomic E-state index is 5.57. The van der Waals surface area contributed by atoms with Crippen LogP contribution in [0, 0.1) is 0 Å². The second kappa shape index (κ2) is 3.41. The van der Waals surface area contributed by atoms with E-state index in [4.69, 9.17) is 5.73 Å². The van der Waals surface area contributed by atoms with Crippen molar-refractivity contribution in [3.8, 4) is 5.69 Å². The van der Waals surface area contributed by atoms with E-state index in [9.17, 15) is 0 Å². The Kier molecular flexibility index (Phi) is 2.10. The van der Waals surface area contributed by atoms with Gasteiger partial charge in [-0.05, 0) is 12.1 Å². The summed E-state index contributed by atoms with van der Waals surface area (Å²) in [4.78, 5) is 4.05. The fourth-order valence-corrected chi connectivity index (χ4v) is 1.29. The lowest BCUT2D eigenvalue weighted by atomic mass is 10.3. The third kappa shape index (κ3) is 1.46. The van der Waals surface area contributed by atoms with E-state index in [0.717, 1.165) is 11.4 Å². The highest BCUT2D eigenvalue weighted by molar-refractivity contribution is 5.33. The Hall–Kier alpha value is -1.61. The van der Waals surface area contributed by atoms with Crippen molar-refractivity contribution in [1.29, 1.82) is 0 Å². The van der Waals surface area contributed by atoms with Crippen LogP contribution in [0.25, 0.3) is 5.69 Å². The topological polar surface area (TPSA) is 43.8 Å². The summed E-state index contributed by atoms with van der Waals surface area (Å²) in [6.45, 7) is 0.509. The van der Waals surface area contributed by atoms with Gasteiger partial charge in [0.2, 0.25) is 0 Å². The van der Waals surface area contributed by atoms with Crippen LogP contribution in [0.5, 0.6) is 0 Å². The summed E-state index contributed by atoms with van der Waals surface area (Å²) >= 11 is 0. The molecular formula is C10H11N3. The molecule has 0 aliphatic heterocycles. The van der Waals surface area contributed by atoms with E-state index in [0.29, 0.717) is 6.54 Å². The van der Waals surface area contributed by atoms with E-state index < -0.39 is 0 Å². The standard InChI is InChI=1S/C10H11N3/c11-6-10-7-12-8-13(10)9-4-2-1-3-5-9/h1-5,7-8H,6,11H2. The summed E-state index contributed by atoms with van der Waals surface area (Å²) < 4.78 is 1.99. The van der Waals surface area contributed by atoms with Crippen LogP contribution in [0.2, 0.25) is 0 Å². The van der Waals surface area contributed by atoms with Gasteiger partial charge in [0.25, 0.3) is 0 Å². The number of hydrogen-bond acceptors (Lipinski definition) is 2. The van der Waals surface area contributed by atoms with E-state index in [1.165, 1.54) is 0 Å². The first-order chi connectivity index (χ1) is 6.42. The first-order valence-corrected chi connectivity index (χ1v) is 4.18. The predicted molar refractivity (Wildman–Crippen MR) is 51.5 cm³/mol. The molecule has 2 aromatic rings. The molecule has 1 aromatic carbocycles. The van der Waals surface area contributed by atoms with Crippen LogP contribution in [0.3, 0.4) is 0 Å². The quantitative estimate of drug-likeness (QED) is 0.744.